The lowest BCUT2D eigenvalue weighted by Gasteiger charge is -2.35. The minimum Gasteiger partial charge on any atom is -0.480 e. The van der Waals surface area contributed by atoms with E-state index in [-0.39, 0.29) is 6.04 Å². The molecule has 1 N–H and O–H groups in total. The second kappa shape index (κ2) is 12.7. The first-order valence-corrected chi connectivity index (χ1v) is 14.6. The lowest BCUT2D eigenvalue weighted by molar-refractivity contribution is -0.144. The molecule has 2 heterocycles. The number of carboxylic acid groups (broad SMARTS) is 1. The minimum absolute atomic E-state index is 0.364. The second-order valence-electron chi connectivity index (χ2n) is 12.0. The molecule has 6 heteroatoms. The van der Waals surface area contributed by atoms with E-state index in [2.05, 4.69) is 40.1 Å². The van der Waals surface area contributed by atoms with Gasteiger partial charge in [0.1, 0.15) is 6.04 Å². The van der Waals surface area contributed by atoms with E-state index in [0.29, 0.717) is 23.7 Å². The molecule has 3 aliphatic rings. The predicted molar refractivity (Wildman–Crippen MR) is 146 cm³/mol. The Labute approximate surface area is 226 Å². The van der Waals surface area contributed by atoms with Gasteiger partial charge in [0.15, 0.2) is 11.6 Å². The molecule has 0 radical (unpaired) electrons. The van der Waals surface area contributed by atoms with Crippen LogP contribution in [0, 0.1) is 29.4 Å². The van der Waals surface area contributed by atoms with Crippen molar-refractivity contribution >= 4 is 5.97 Å². The number of carbonyl (C=O) groups is 1. The van der Waals surface area contributed by atoms with Gasteiger partial charge in [0.05, 0.1) is 0 Å². The number of halogens is 2. The molecule has 0 amide bonds. The molecule has 38 heavy (non-hydrogen) atoms. The summed E-state index contributed by atoms with van der Waals surface area (Å²) in [6.07, 6.45) is 9.65. The number of likely N-dealkylation sites (tertiary alicyclic amines) is 2. The van der Waals surface area contributed by atoms with E-state index in [9.17, 15) is 18.7 Å². The first kappa shape index (κ1) is 27.3. The summed E-state index contributed by atoms with van der Waals surface area (Å²) in [5.74, 6) is -0.134. The van der Waals surface area contributed by atoms with Crippen molar-refractivity contribution in [3.8, 4) is 0 Å². The highest BCUT2D eigenvalue weighted by atomic mass is 19.2. The average Bonchev–Trinajstić information content (AvgIpc) is 3.30. The minimum atomic E-state index is -0.780. The number of piperidine rings is 1. The van der Waals surface area contributed by atoms with Crippen LogP contribution in [0.1, 0.15) is 68.4 Å². The summed E-state index contributed by atoms with van der Waals surface area (Å²) in [5.41, 5.74) is 2.20. The normalized spacial score (nSPS) is 24.4. The Hall–Kier alpha value is -2.31. The average molecular weight is 525 g/mol. The molecular weight excluding hydrogens is 482 g/mol. The van der Waals surface area contributed by atoms with E-state index in [1.54, 1.807) is 6.07 Å². The van der Waals surface area contributed by atoms with Crippen LogP contribution in [0.15, 0.2) is 48.5 Å². The highest BCUT2D eigenvalue weighted by Gasteiger charge is 2.41. The number of nitrogens with zero attached hydrogens (tertiary/aromatic N) is 2. The van der Waals surface area contributed by atoms with Gasteiger partial charge in [-0.1, -0.05) is 62.1 Å². The van der Waals surface area contributed by atoms with Gasteiger partial charge in [-0.25, -0.2) is 8.78 Å². The molecule has 3 fully saturated rings. The third-order valence-electron chi connectivity index (χ3n) is 9.47. The third-order valence-corrected chi connectivity index (χ3v) is 9.47. The van der Waals surface area contributed by atoms with Crippen molar-refractivity contribution in [2.24, 2.45) is 17.8 Å². The Morgan fingerprint density at radius 1 is 0.947 bits per heavy atom. The van der Waals surface area contributed by atoms with Crippen LogP contribution in [0.3, 0.4) is 0 Å². The molecular formula is C32H42F2N2O2. The van der Waals surface area contributed by atoms with E-state index >= 15 is 0 Å². The first-order valence-electron chi connectivity index (χ1n) is 14.6. The Morgan fingerprint density at radius 3 is 2.37 bits per heavy atom. The zero-order chi connectivity index (χ0) is 26.5. The quantitative estimate of drug-likeness (QED) is 0.372. The maximum absolute atomic E-state index is 13.5. The first-order chi connectivity index (χ1) is 18.5. The van der Waals surface area contributed by atoms with Crippen LogP contribution in [0.4, 0.5) is 8.78 Å². The van der Waals surface area contributed by atoms with Crippen LogP contribution in [-0.2, 0) is 11.2 Å². The van der Waals surface area contributed by atoms with Gasteiger partial charge >= 0.3 is 5.97 Å². The van der Waals surface area contributed by atoms with Crippen LogP contribution in [0.2, 0.25) is 0 Å². The predicted octanol–water partition coefficient (Wildman–Crippen LogP) is 6.36. The van der Waals surface area contributed by atoms with E-state index in [1.807, 2.05) is 0 Å². The molecule has 1 saturated carbocycles. The molecule has 0 unspecified atom stereocenters. The van der Waals surface area contributed by atoms with Crippen molar-refractivity contribution in [1.82, 2.24) is 9.80 Å². The summed E-state index contributed by atoms with van der Waals surface area (Å²) in [5, 5.41) is 10.1. The number of aliphatic carboxylic acids is 1. The second-order valence-corrected chi connectivity index (χ2v) is 12.0. The molecule has 2 aromatic carbocycles. The monoisotopic (exact) mass is 524 g/mol. The molecule has 5 rings (SSSR count). The summed E-state index contributed by atoms with van der Waals surface area (Å²) in [4.78, 5) is 17.1. The Bertz CT molecular complexity index is 1050. The zero-order valence-electron chi connectivity index (χ0n) is 22.4. The molecule has 1 aliphatic carbocycles. The van der Waals surface area contributed by atoms with Crippen molar-refractivity contribution < 1.29 is 18.7 Å². The summed E-state index contributed by atoms with van der Waals surface area (Å²) in [6.45, 7) is 4.88. The van der Waals surface area contributed by atoms with Gasteiger partial charge in [0.25, 0.3) is 0 Å². The van der Waals surface area contributed by atoms with Gasteiger partial charge in [0, 0.05) is 25.6 Å². The molecule has 0 aromatic heterocycles. The topological polar surface area (TPSA) is 43.8 Å². The van der Waals surface area contributed by atoms with E-state index in [4.69, 9.17) is 0 Å². The van der Waals surface area contributed by atoms with Crippen LogP contribution < -0.4 is 0 Å². The van der Waals surface area contributed by atoms with E-state index in [0.717, 1.165) is 64.0 Å². The summed E-state index contributed by atoms with van der Waals surface area (Å²) in [7, 11) is 0. The maximum atomic E-state index is 13.5. The largest absolute Gasteiger partial charge is 0.480 e. The number of hydrogen-bond donors (Lipinski definition) is 1. The van der Waals surface area contributed by atoms with Crippen LogP contribution in [0.5, 0.6) is 0 Å². The van der Waals surface area contributed by atoms with Gasteiger partial charge in [-0.2, -0.15) is 0 Å². The molecule has 4 nitrogen and oxygen atoms in total. The molecule has 0 bridgehead atoms. The van der Waals surface area contributed by atoms with Gasteiger partial charge < -0.3 is 10.0 Å². The smallest absolute Gasteiger partial charge is 0.320 e. The van der Waals surface area contributed by atoms with Crippen molar-refractivity contribution in [3.63, 3.8) is 0 Å². The fourth-order valence-electron chi connectivity index (χ4n) is 6.95. The van der Waals surface area contributed by atoms with Gasteiger partial charge in [-0.15, -0.1) is 0 Å². The van der Waals surface area contributed by atoms with Gasteiger partial charge in [-0.3, -0.25) is 9.69 Å². The van der Waals surface area contributed by atoms with Crippen LogP contribution in [0.25, 0.3) is 0 Å². The number of benzene rings is 2. The Balaban J connectivity index is 1.14. The van der Waals surface area contributed by atoms with Gasteiger partial charge in [-0.05, 0) is 86.2 Å². The number of aryl methyl sites for hydroxylation is 1. The number of hydrogen-bond acceptors (Lipinski definition) is 3. The fourth-order valence-corrected chi connectivity index (χ4v) is 6.95. The SMILES string of the molecule is O=C(O)[C@@H](CC1CCC1)N1C[C@H](CN2CCC(CCCc3ccc(F)c(F)c3)CC2)[C@@H](c2ccccc2)C1. The maximum Gasteiger partial charge on any atom is 0.320 e. The molecule has 206 valence electrons. The lowest BCUT2D eigenvalue weighted by Crippen LogP contribution is -2.43. The molecule has 2 aliphatic heterocycles. The molecule has 2 saturated heterocycles. The number of rotatable bonds is 11. The van der Waals surface area contributed by atoms with E-state index in [1.165, 1.54) is 49.8 Å². The lowest BCUT2D eigenvalue weighted by atomic mass is 9.80. The van der Waals surface area contributed by atoms with Crippen molar-refractivity contribution in [2.75, 3.05) is 32.7 Å². The van der Waals surface area contributed by atoms with Crippen molar-refractivity contribution in [1.29, 1.82) is 0 Å². The van der Waals surface area contributed by atoms with E-state index < -0.39 is 17.6 Å². The Morgan fingerprint density at radius 2 is 1.71 bits per heavy atom. The Kier molecular flexibility index (Phi) is 9.11. The zero-order valence-corrected chi connectivity index (χ0v) is 22.4. The summed E-state index contributed by atoms with van der Waals surface area (Å²) in [6, 6.07) is 14.6. The highest BCUT2D eigenvalue weighted by molar-refractivity contribution is 5.73. The summed E-state index contributed by atoms with van der Waals surface area (Å²) < 4.78 is 26.6. The molecule has 0 spiro atoms. The number of carboxylic acids is 1. The van der Waals surface area contributed by atoms with Crippen molar-refractivity contribution in [2.45, 2.75) is 69.7 Å². The fraction of sp³-hybridized carbons (Fsp3) is 0.594. The third kappa shape index (κ3) is 6.81. The van der Waals surface area contributed by atoms with Crippen molar-refractivity contribution in [3.05, 3.63) is 71.3 Å². The van der Waals surface area contributed by atoms with Crippen LogP contribution >= 0.6 is 0 Å². The van der Waals surface area contributed by atoms with Crippen LogP contribution in [-0.4, -0.2) is 59.6 Å². The van der Waals surface area contributed by atoms with Gasteiger partial charge in [0.2, 0.25) is 0 Å². The summed E-state index contributed by atoms with van der Waals surface area (Å²) >= 11 is 0. The standard InChI is InChI=1S/C32H42F2N2O2/c33-29-13-12-25(18-30(29)34)9-4-6-23-14-16-35(17-15-23)20-27-21-36(22-28(27)26-10-2-1-3-11-26)31(32(37)38)19-24-7-5-8-24/h1-3,10-13,18,23-24,27-28,31H,4-9,14-17,19-22H2,(H,37,38)/t27-,28+,31+/m0/s1. The molecule has 2 aromatic rings. The molecule has 3 atom stereocenters. The highest BCUT2D eigenvalue weighted by Crippen LogP contribution is 2.38.